The van der Waals surface area contributed by atoms with Gasteiger partial charge in [0.25, 0.3) is 0 Å². The molecule has 3 N–H and O–H groups in total. The second kappa shape index (κ2) is 5.70. The fourth-order valence-corrected chi connectivity index (χ4v) is 0.982. The van der Waals surface area contributed by atoms with E-state index in [1.54, 1.807) is 20.8 Å². The van der Waals surface area contributed by atoms with Crippen molar-refractivity contribution in [1.29, 1.82) is 0 Å². The van der Waals surface area contributed by atoms with Crippen LogP contribution in [0.25, 0.3) is 0 Å². The molecule has 1 amide bonds. The third-order valence-electron chi connectivity index (χ3n) is 1.66. The number of carbonyl (C=O) groups excluding carboxylic acids is 2. The van der Waals surface area contributed by atoms with Crippen molar-refractivity contribution in [2.75, 3.05) is 7.05 Å². The van der Waals surface area contributed by atoms with Crippen molar-refractivity contribution in [2.24, 2.45) is 5.73 Å². The van der Waals surface area contributed by atoms with Gasteiger partial charge in [-0.1, -0.05) is 0 Å². The van der Waals surface area contributed by atoms with Gasteiger partial charge in [0.1, 0.15) is 5.60 Å². The summed E-state index contributed by atoms with van der Waals surface area (Å²) in [6.07, 6.45) is 0.459. The number of rotatable bonds is 4. The predicted octanol–water partition coefficient (Wildman–Crippen LogP) is 0.182. The molecule has 0 aromatic rings. The quantitative estimate of drug-likeness (QED) is 0.657. The molecule has 88 valence electrons. The molecule has 0 spiro atoms. The Balaban J connectivity index is 3.86. The molecule has 15 heavy (non-hydrogen) atoms. The number of hydrogen-bond acceptors (Lipinski definition) is 4. The molecule has 0 saturated carbocycles. The summed E-state index contributed by atoms with van der Waals surface area (Å²) in [6, 6.07) is -0.650. The number of likely N-dealkylation sites (N-methyl/N-ethyl adjacent to an activating group) is 1. The van der Waals surface area contributed by atoms with Gasteiger partial charge in [0.2, 0.25) is 5.91 Å². The lowest BCUT2D eigenvalue weighted by Gasteiger charge is -2.19. The molecule has 0 aliphatic rings. The Morgan fingerprint density at radius 1 is 1.40 bits per heavy atom. The van der Waals surface area contributed by atoms with Crippen molar-refractivity contribution in [2.45, 2.75) is 45.3 Å². The highest BCUT2D eigenvalue weighted by atomic mass is 16.6. The molecule has 0 fully saturated rings. The maximum Gasteiger partial charge on any atom is 0.306 e. The van der Waals surface area contributed by atoms with Gasteiger partial charge < -0.3 is 15.8 Å². The van der Waals surface area contributed by atoms with Crippen molar-refractivity contribution >= 4 is 11.9 Å². The zero-order valence-corrected chi connectivity index (χ0v) is 9.79. The van der Waals surface area contributed by atoms with E-state index in [1.165, 1.54) is 7.05 Å². The second-order valence-electron chi connectivity index (χ2n) is 4.35. The Labute approximate surface area is 90.4 Å². The molecule has 0 aromatic carbocycles. The fraction of sp³-hybridized carbons (Fsp3) is 0.800. The summed E-state index contributed by atoms with van der Waals surface area (Å²) >= 11 is 0. The molecule has 0 aromatic heterocycles. The van der Waals surface area contributed by atoms with Crippen molar-refractivity contribution < 1.29 is 14.3 Å². The van der Waals surface area contributed by atoms with Crippen molar-refractivity contribution in [3.8, 4) is 0 Å². The number of nitrogens with one attached hydrogen (secondary N) is 1. The first-order valence-corrected chi connectivity index (χ1v) is 4.95. The summed E-state index contributed by atoms with van der Waals surface area (Å²) in [7, 11) is 1.51. The maximum atomic E-state index is 11.3. The lowest BCUT2D eigenvalue weighted by Crippen LogP contribution is -2.39. The van der Waals surface area contributed by atoms with Gasteiger partial charge in [0.15, 0.2) is 0 Å². The average molecular weight is 216 g/mol. The smallest absolute Gasteiger partial charge is 0.306 e. The zero-order valence-electron chi connectivity index (χ0n) is 9.79. The SMILES string of the molecule is CNC(=O)C(N)CCC(=O)OC(C)(C)C. The van der Waals surface area contributed by atoms with Crippen LogP contribution in [-0.4, -0.2) is 30.6 Å². The molecule has 0 saturated heterocycles. The minimum absolute atomic E-state index is 0.159. The first-order chi connectivity index (χ1) is 6.76. The number of esters is 1. The van der Waals surface area contributed by atoms with Gasteiger partial charge in [0, 0.05) is 13.5 Å². The largest absolute Gasteiger partial charge is 0.460 e. The van der Waals surface area contributed by atoms with Crippen LogP contribution in [0.2, 0.25) is 0 Å². The lowest BCUT2D eigenvalue weighted by molar-refractivity contribution is -0.155. The topological polar surface area (TPSA) is 81.4 Å². The van der Waals surface area contributed by atoms with Crippen LogP contribution in [0.15, 0.2) is 0 Å². The Morgan fingerprint density at radius 2 is 1.93 bits per heavy atom. The fourth-order valence-electron chi connectivity index (χ4n) is 0.982. The summed E-state index contributed by atoms with van der Waals surface area (Å²) in [5.74, 6) is -0.597. The molecule has 0 heterocycles. The molecule has 0 bridgehead atoms. The van der Waals surface area contributed by atoms with Gasteiger partial charge in [-0.05, 0) is 27.2 Å². The van der Waals surface area contributed by atoms with Crippen molar-refractivity contribution in [3.63, 3.8) is 0 Å². The van der Waals surface area contributed by atoms with Crippen molar-refractivity contribution in [1.82, 2.24) is 5.32 Å². The first-order valence-electron chi connectivity index (χ1n) is 4.95. The van der Waals surface area contributed by atoms with Crippen LogP contribution in [-0.2, 0) is 14.3 Å². The molecule has 0 rings (SSSR count). The van der Waals surface area contributed by atoms with Gasteiger partial charge in [-0.25, -0.2) is 0 Å². The van der Waals surface area contributed by atoms with E-state index >= 15 is 0 Å². The van der Waals surface area contributed by atoms with Crippen molar-refractivity contribution in [3.05, 3.63) is 0 Å². The minimum atomic E-state index is -0.650. The summed E-state index contributed by atoms with van der Waals surface area (Å²) < 4.78 is 5.08. The normalized spacial score (nSPS) is 13.1. The van der Waals surface area contributed by atoms with E-state index in [0.29, 0.717) is 6.42 Å². The highest BCUT2D eigenvalue weighted by Gasteiger charge is 2.18. The third-order valence-corrected chi connectivity index (χ3v) is 1.66. The van der Waals surface area contributed by atoms with Crippen LogP contribution in [0, 0.1) is 0 Å². The van der Waals surface area contributed by atoms with Gasteiger partial charge in [0.05, 0.1) is 6.04 Å². The second-order valence-corrected chi connectivity index (χ2v) is 4.35. The van der Waals surface area contributed by atoms with Crippen LogP contribution >= 0.6 is 0 Å². The monoisotopic (exact) mass is 216 g/mol. The van der Waals surface area contributed by atoms with Gasteiger partial charge in [-0.3, -0.25) is 9.59 Å². The molecular weight excluding hydrogens is 196 g/mol. The van der Waals surface area contributed by atoms with Crippen LogP contribution < -0.4 is 11.1 Å². The van der Waals surface area contributed by atoms with E-state index in [9.17, 15) is 9.59 Å². The number of carbonyl (C=O) groups is 2. The minimum Gasteiger partial charge on any atom is -0.460 e. The highest BCUT2D eigenvalue weighted by molar-refractivity contribution is 5.81. The standard InChI is InChI=1S/C10H20N2O3/c1-10(2,3)15-8(13)6-5-7(11)9(14)12-4/h7H,5-6,11H2,1-4H3,(H,12,14). The van der Waals surface area contributed by atoms with Gasteiger partial charge in [-0.15, -0.1) is 0 Å². The Morgan fingerprint density at radius 3 is 2.33 bits per heavy atom. The molecule has 0 aliphatic carbocycles. The molecule has 5 heteroatoms. The summed E-state index contributed by atoms with van der Waals surface area (Å²) in [6.45, 7) is 5.39. The van der Waals surface area contributed by atoms with E-state index < -0.39 is 11.6 Å². The molecular formula is C10H20N2O3. The lowest BCUT2D eigenvalue weighted by atomic mass is 10.1. The van der Waals surface area contributed by atoms with E-state index in [-0.39, 0.29) is 18.3 Å². The van der Waals surface area contributed by atoms with E-state index in [4.69, 9.17) is 10.5 Å². The summed E-state index contributed by atoms with van der Waals surface area (Å²) in [5.41, 5.74) is 5.03. The maximum absolute atomic E-state index is 11.3. The number of amides is 1. The van der Waals surface area contributed by atoms with Crippen LogP contribution in [0.1, 0.15) is 33.6 Å². The summed E-state index contributed by atoms with van der Waals surface area (Å²) in [4.78, 5) is 22.3. The first kappa shape index (κ1) is 13.9. The van der Waals surface area contributed by atoms with Crippen LogP contribution in [0.3, 0.4) is 0 Å². The zero-order chi connectivity index (χ0) is 12.1. The molecule has 5 nitrogen and oxygen atoms in total. The Bertz CT molecular complexity index is 233. The Hall–Kier alpha value is -1.10. The van der Waals surface area contributed by atoms with Gasteiger partial charge in [-0.2, -0.15) is 0 Å². The number of hydrogen-bond donors (Lipinski definition) is 2. The highest BCUT2D eigenvalue weighted by Crippen LogP contribution is 2.09. The van der Waals surface area contributed by atoms with Gasteiger partial charge >= 0.3 is 5.97 Å². The Kier molecular flexibility index (Phi) is 5.28. The van der Waals surface area contributed by atoms with E-state index in [0.717, 1.165) is 0 Å². The molecule has 1 unspecified atom stereocenters. The summed E-state index contributed by atoms with van der Waals surface area (Å²) in [5, 5.41) is 2.42. The average Bonchev–Trinajstić information content (AvgIpc) is 2.10. The number of nitrogens with two attached hydrogens (primary N) is 1. The van der Waals surface area contributed by atoms with E-state index in [2.05, 4.69) is 5.32 Å². The third kappa shape index (κ3) is 6.90. The predicted molar refractivity (Wildman–Crippen MR) is 57.1 cm³/mol. The molecule has 1 atom stereocenters. The van der Waals surface area contributed by atoms with Crippen LogP contribution in [0.5, 0.6) is 0 Å². The molecule has 0 radical (unpaired) electrons. The molecule has 0 aliphatic heterocycles. The van der Waals surface area contributed by atoms with E-state index in [1.807, 2.05) is 0 Å². The van der Waals surface area contributed by atoms with Crippen LogP contribution in [0.4, 0.5) is 0 Å². The number of ether oxygens (including phenoxy) is 1.